The van der Waals surface area contributed by atoms with Crippen LogP contribution in [0.2, 0.25) is 0 Å². The Balaban J connectivity index is 1.62. The van der Waals surface area contributed by atoms with Crippen LogP contribution in [0.25, 0.3) is 0 Å². The molecule has 0 spiro atoms. The lowest BCUT2D eigenvalue weighted by atomic mass is 9.79. The van der Waals surface area contributed by atoms with Crippen LogP contribution in [0.4, 0.5) is 0 Å². The molecule has 2 N–H and O–H groups in total. The zero-order valence-corrected chi connectivity index (χ0v) is 21.1. The first-order valence-corrected chi connectivity index (χ1v) is 13.0. The van der Waals surface area contributed by atoms with Gasteiger partial charge in [-0.25, -0.2) is 0 Å². The number of aliphatic hydroxyl groups is 1. The van der Waals surface area contributed by atoms with Gasteiger partial charge in [0, 0.05) is 44.6 Å². The molecule has 2 heterocycles. The van der Waals surface area contributed by atoms with Crippen LogP contribution in [-0.4, -0.2) is 65.8 Å². The Morgan fingerprint density at radius 1 is 1.08 bits per heavy atom. The summed E-state index contributed by atoms with van der Waals surface area (Å²) in [5, 5.41) is 12.8. The number of hydrogen-bond donors (Lipinski definition) is 2. The maximum atomic E-state index is 13.4. The average molecular weight is 496 g/mol. The third kappa shape index (κ3) is 5.55. The number of aliphatic hydroxyl groups excluding tert-OH is 1. The van der Waals surface area contributed by atoms with Crippen LogP contribution in [0.15, 0.2) is 47.5 Å². The molecular formula is C28H37N3O5. The molecule has 2 aromatic rings. The lowest BCUT2D eigenvalue weighted by Crippen LogP contribution is -2.47. The molecule has 1 unspecified atom stereocenters. The minimum absolute atomic E-state index is 0.0438. The van der Waals surface area contributed by atoms with Gasteiger partial charge >= 0.3 is 0 Å². The Bertz CT molecular complexity index is 1110. The van der Waals surface area contributed by atoms with Crippen LogP contribution in [0, 0.1) is 0 Å². The van der Waals surface area contributed by atoms with Gasteiger partial charge in [-0.05, 0) is 37.7 Å². The number of amides is 2. The minimum Gasteiger partial charge on any atom is -0.394 e. The normalized spacial score (nSPS) is 19.3. The van der Waals surface area contributed by atoms with E-state index in [-0.39, 0.29) is 29.2 Å². The first kappa shape index (κ1) is 26.1. The molecule has 8 nitrogen and oxygen atoms in total. The maximum absolute atomic E-state index is 13.4. The highest BCUT2D eigenvalue weighted by Crippen LogP contribution is 2.40. The predicted octanol–water partition coefficient (Wildman–Crippen LogP) is 2.72. The van der Waals surface area contributed by atoms with Gasteiger partial charge in [0.15, 0.2) is 0 Å². The molecule has 1 aromatic heterocycles. The molecule has 1 saturated carbocycles. The number of nitrogens with one attached hydrogen (secondary N) is 1. The highest BCUT2D eigenvalue weighted by Gasteiger charge is 2.36. The molecule has 194 valence electrons. The van der Waals surface area contributed by atoms with Crippen LogP contribution in [-0.2, 0) is 16.7 Å². The molecule has 2 fully saturated rings. The second kappa shape index (κ2) is 11.8. The molecule has 36 heavy (non-hydrogen) atoms. The molecule has 1 aliphatic carbocycles. The van der Waals surface area contributed by atoms with Crippen molar-refractivity contribution in [1.29, 1.82) is 0 Å². The summed E-state index contributed by atoms with van der Waals surface area (Å²) in [4.78, 5) is 41.8. The molecule has 1 atom stereocenters. The summed E-state index contributed by atoms with van der Waals surface area (Å²) in [6.07, 6.45) is 9.61. The average Bonchev–Trinajstić information content (AvgIpc) is 3.41. The lowest BCUT2D eigenvalue weighted by Gasteiger charge is -2.34. The van der Waals surface area contributed by atoms with Gasteiger partial charge in [-0.15, -0.1) is 0 Å². The summed E-state index contributed by atoms with van der Waals surface area (Å²) in [5.41, 5.74) is 0.383. The van der Waals surface area contributed by atoms with Crippen molar-refractivity contribution >= 4 is 11.8 Å². The number of carbonyl (C=O) groups is 2. The zero-order valence-electron chi connectivity index (χ0n) is 21.1. The summed E-state index contributed by atoms with van der Waals surface area (Å²) >= 11 is 0. The number of ether oxygens (including phenoxy) is 1. The number of carbonyl (C=O) groups excluding carboxylic acids is 2. The number of methoxy groups -OCH3 is 1. The van der Waals surface area contributed by atoms with Crippen molar-refractivity contribution in [3.05, 3.63) is 69.6 Å². The summed E-state index contributed by atoms with van der Waals surface area (Å²) < 4.78 is 6.85. The van der Waals surface area contributed by atoms with E-state index in [2.05, 4.69) is 17.4 Å². The van der Waals surface area contributed by atoms with Crippen molar-refractivity contribution < 1.29 is 19.4 Å². The van der Waals surface area contributed by atoms with Crippen molar-refractivity contribution in [2.45, 2.75) is 62.9 Å². The van der Waals surface area contributed by atoms with E-state index in [1.54, 1.807) is 16.6 Å². The van der Waals surface area contributed by atoms with Gasteiger partial charge in [-0.3, -0.25) is 14.4 Å². The number of pyridine rings is 1. The number of piperidine rings is 1. The topological polar surface area (TPSA) is 101 Å². The third-order valence-electron chi connectivity index (χ3n) is 7.74. The highest BCUT2D eigenvalue weighted by molar-refractivity contribution is 5.99. The molecule has 1 aromatic carbocycles. The van der Waals surface area contributed by atoms with Crippen molar-refractivity contribution in [3.63, 3.8) is 0 Å². The van der Waals surface area contributed by atoms with Crippen LogP contribution in [0.1, 0.15) is 71.2 Å². The van der Waals surface area contributed by atoms with Crippen molar-refractivity contribution in [3.8, 4) is 0 Å². The Kier molecular flexibility index (Phi) is 8.59. The van der Waals surface area contributed by atoms with Gasteiger partial charge in [0.1, 0.15) is 11.1 Å². The van der Waals surface area contributed by atoms with Crippen molar-refractivity contribution in [1.82, 2.24) is 14.8 Å². The molecule has 0 radical (unpaired) electrons. The Morgan fingerprint density at radius 3 is 2.50 bits per heavy atom. The standard InChI is InChI=1S/C28H37N3O5/c1-36-16-15-30-17-23(25(33)24(18-30)27(35)31-14-8-5-11-22(31)19-32)26(34)29-20-28(12-6-7-13-28)21-9-3-2-4-10-21/h2-4,9-10,17-18,22,32H,5-8,11-16,19-20H2,1H3,(H,29,34). The molecule has 2 amide bonds. The first-order valence-electron chi connectivity index (χ1n) is 13.0. The molecule has 1 aliphatic heterocycles. The van der Waals surface area contributed by atoms with Gasteiger partial charge in [0.05, 0.1) is 19.3 Å². The number of rotatable bonds is 9. The predicted molar refractivity (Wildman–Crippen MR) is 137 cm³/mol. The monoisotopic (exact) mass is 495 g/mol. The molecule has 0 bridgehead atoms. The summed E-state index contributed by atoms with van der Waals surface area (Å²) in [5.74, 6) is -0.906. The second-order valence-electron chi connectivity index (χ2n) is 10.0. The Morgan fingerprint density at radius 2 is 1.81 bits per heavy atom. The molecule has 8 heteroatoms. The third-order valence-corrected chi connectivity index (χ3v) is 7.74. The van der Waals surface area contributed by atoms with E-state index in [9.17, 15) is 19.5 Å². The number of benzene rings is 1. The molecule has 2 aliphatic rings. The fourth-order valence-corrected chi connectivity index (χ4v) is 5.64. The molecular weight excluding hydrogens is 458 g/mol. The van der Waals surface area contributed by atoms with Crippen LogP contribution in [0.3, 0.4) is 0 Å². The summed E-state index contributed by atoms with van der Waals surface area (Å²) in [7, 11) is 1.58. The van der Waals surface area contributed by atoms with Crippen molar-refractivity contribution in [2.75, 3.05) is 33.4 Å². The summed E-state index contributed by atoms with van der Waals surface area (Å²) in [6, 6.07) is 9.90. The quantitative estimate of drug-likeness (QED) is 0.557. The zero-order chi connectivity index (χ0) is 25.5. The first-order chi connectivity index (χ1) is 17.5. The highest BCUT2D eigenvalue weighted by atomic mass is 16.5. The summed E-state index contributed by atoms with van der Waals surface area (Å²) in [6.45, 7) is 1.54. The number of likely N-dealkylation sites (tertiary alicyclic amines) is 1. The smallest absolute Gasteiger partial charge is 0.259 e. The SMILES string of the molecule is COCCn1cc(C(=O)NCC2(c3ccccc3)CCCC2)c(=O)c(C(=O)N2CCCCC2CO)c1. The fourth-order valence-electron chi connectivity index (χ4n) is 5.64. The lowest BCUT2D eigenvalue weighted by molar-refractivity contribution is 0.0500. The van der Waals surface area contributed by atoms with Gasteiger partial charge in [0.25, 0.3) is 11.8 Å². The van der Waals surface area contributed by atoms with Gasteiger partial charge in [-0.2, -0.15) is 0 Å². The van der Waals surface area contributed by atoms with E-state index < -0.39 is 17.2 Å². The van der Waals surface area contributed by atoms with Crippen molar-refractivity contribution in [2.24, 2.45) is 0 Å². The van der Waals surface area contributed by atoms with E-state index in [4.69, 9.17) is 4.74 Å². The van der Waals surface area contributed by atoms with Crippen LogP contribution in [0.5, 0.6) is 0 Å². The Labute approximate surface area is 212 Å². The van der Waals surface area contributed by atoms with Gasteiger partial charge < -0.3 is 24.6 Å². The maximum Gasteiger partial charge on any atom is 0.259 e. The Hall–Kier alpha value is -2.97. The van der Waals surface area contributed by atoms with Crippen LogP contribution >= 0.6 is 0 Å². The largest absolute Gasteiger partial charge is 0.394 e. The van der Waals surface area contributed by atoms with E-state index in [1.807, 2.05) is 18.2 Å². The number of hydrogen-bond acceptors (Lipinski definition) is 5. The van der Waals surface area contributed by atoms with E-state index in [0.717, 1.165) is 38.5 Å². The fraction of sp³-hybridized carbons (Fsp3) is 0.536. The van der Waals surface area contributed by atoms with Crippen LogP contribution < -0.4 is 10.7 Å². The second-order valence-corrected chi connectivity index (χ2v) is 10.0. The molecule has 4 rings (SSSR count). The van der Waals surface area contributed by atoms with Gasteiger partial charge in [-0.1, -0.05) is 43.2 Å². The minimum atomic E-state index is -0.575. The van der Waals surface area contributed by atoms with Gasteiger partial charge in [0.2, 0.25) is 5.43 Å². The van der Waals surface area contributed by atoms with E-state index in [1.165, 1.54) is 18.0 Å². The number of nitrogens with zero attached hydrogens (tertiary/aromatic N) is 2. The van der Waals surface area contributed by atoms with E-state index >= 15 is 0 Å². The number of aromatic nitrogens is 1. The molecule has 1 saturated heterocycles. The van der Waals surface area contributed by atoms with E-state index in [0.29, 0.717) is 32.7 Å².